The number of carbonyl (C=O) groups excluding carboxylic acids is 1. The third-order valence-corrected chi connectivity index (χ3v) is 1.91. The normalized spacial score (nSPS) is 12.1. The third kappa shape index (κ3) is 3.08. The lowest BCUT2D eigenvalue weighted by Crippen LogP contribution is -2.29. The molecule has 0 saturated carbocycles. The van der Waals surface area contributed by atoms with E-state index in [0.29, 0.717) is 0 Å². The summed E-state index contributed by atoms with van der Waals surface area (Å²) in [4.78, 5) is 26.0. The maximum absolute atomic E-state index is 11.5. The molecule has 1 amide bonds. The SMILES string of the molecule is CC(CC(N)=O)Nc1nccn(C)c1=O. The molecule has 1 unspecified atom stereocenters. The highest BCUT2D eigenvalue weighted by Gasteiger charge is 2.09. The van der Waals surface area contributed by atoms with Gasteiger partial charge in [-0.3, -0.25) is 9.59 Å². The number of nitrogens with zero attached hydrogens (tertiary/aromatic N) is 2. The number of rotatable bonds is 4. The predicted molar refractivity (Wildman–Crippen MR) is 56.4 cm³/mol. The van der Waals surface area contributed by atoms with Crippen molar-refractivity contribution in [3.8, 4) is 0 Å². The van der Waals surface area contributed by atoms with E-state index in [1.54, 1.807) is 20.2 Å². The summed E-state index contributed by atoms with van der Waals surface area (Å²) in [5.41, 5.74) is 4.80. The molecule has 1 rings (SSSR count). The zero-order valence-electron chi connectivity index (χ0n) is 8.73. The smallest absolute Gasteiger partial charge is 0.293 e. The molecule has 6 nitrogen and oxygen atoms in total. The van der Waals surface area contributed by atoms with Gasteiger partial charge >= 0.3 is 0 Å². The second-order valence-corrected chi connectivity index (χ2v) is 3.41. The fourth-order valence-electron chi connectivity index (χ4n) is 1.18. The van der Waals surface area contributed by atoms with Gasteiger partial charge in [-0.1, -0.05) is 0 Å². The van der Waals surface area contributed by atoms with Crippen LogP contribution in [0.1, 0.15) is 13.3 Å². The first-order valence-electron chi connectivity index (χ1n) is 4.57. The molecular weight excluding hydrogens is 196 g/mol. The summed E-state index contributed by atoms with van der Waals surface area (Å²) in [6.45, 7) is 1.76. The quantitative estimate of drug-likeness (QED) is 0.698. The molecule has 0 aromatic carbocycles. The van der Waals surface area contributed by atoms with Gasteiger partial charge in [0.2, 0.25) is 5.91 Å². The van der Waals surface area contributed by atoms with Crippen LogP contribution in [0.5, 0.6) is 0 Å². The Morgan fingerprint density at radius 1 is 1.73 bits per heavy atom. The van der Waals surface area contributed by atoms with Crippen LogP contribution in [-0.4, -0.2) is 21.5 Å². The average molecular weight is 210 g/mol. The van der Waals surface area contributed by atoms with Crippen molar-refractivity contribution in [2.75, 3.05) is 5.32 Å². The van der Waals surface area contributed by atoms with Crippen LogP contribution in [0.25, 0.3) is 0 Å². The van der Waals surface area contributed by atoms with E-state index in [0.717, 1.165) is 0 Å². The van der Waals surface area contributed by atoms with Gasteiger partial charge in [-0.15, -0.1) is 0 Å². The highest BCUT2D eigenvalue weighted by atomic mass is 16.1. The second-order valence-electron chi connectivity index (χ2n) is 3.41. The van der Waals surface area contributed by atoms with Gasteiger partial charge in [0.25, 0.3) is 5.56 Å². The molecular formula is C9H14N4O2. The number of aromatic nitrogens is 2. The first-order chi connectivity index (χ1) is 7.00. The second kappa shape index (κ2) is 4.59. The monoisotopic (exact) mass is 210 g/mol. The molecule has 6 heteroatoms. The summed E-state index contributed by atoms with van der Waals surface area (Å²) < 4.78 is 1.41. The van der Waals surface area contributed by atoms with Crippen LogP contribution in [-0.2, 0) is 11.8 Å². The molecule has 1 heterocycles. The van der Waals surface area contributed by atoms with E-state index < -0.39 is 5.91 Å². The number of nitrogens with two attached hydrogens (primary N) is 1. The van der Waals surface area contributed by atoms with Gasteiger partial charge in [-0.2, -0.15) is 0 Å². The zero-order valence-corrected chi connectivity index (χ0v) is 8.73. The summed E-state index contributed by atoms with van der Waals surface area (Å²) in [6, 6.07) is -0.204. The zero-order chi connectivity index (χ0) is 11.4. The molecule has 0 bridgehead atoms. The van der Waals surface area contributed by atoms with Crippen LogP contribution in [0.3, 0.4) is 0 Å². The third-order valence-electron chi connectivity index (χ3n) is 1.91. The molecule has 1 atom stereocenters. The van der Waals surface area contributed by atoms with Gasteiger partial charge in [0.15, 0.2) is 5.82 Å². The standard InChI is InChI=1S/C9H14N4O2/c1-6(5-7(10)14)12-8-9(15)13(2)4-3-11-8/h3-4,6H,5H2,1-2H3,(H2,10,14)(H,11,12). The van der Waals surface area contributed by atoms with E-state index in [9.17, 15) is 9.59 Å². The lowest BCUT2D eigenvalue weighted by molar-refractivity contribution is -0.118. The van der Waals surface area contributed by atoms with Crippen molar-refractivity contribution in [1.29, 1.82) is 0 Å². The molecule has 0 fully saturated rings. The molecule has 0 aliphatic rings. The molecule has 0 radical (unpaired) electrons. The summed E-state index contributed by atoms with van der Waals surface area (Å²) in [5, 5.41) is 2.84. The van der Waals surface area contributed by atoms with E-state index in [1.165, 1.54) is 10.8 Å². The molecule has 1 aromatic heterocycles. The van der Waals surface area contributed by atoms with Gasteiger partial charge in [-0.25, -0.2) is 4.98 Å². The highest BCUT2D eigenvalue weighted by Crippen LogP contribution is 1.99. The Balaban J connectivity index is 2.77. The van der Waals surface area contributed by atoms with Gasteiger partial charge in [0, 0.05) is 31.9 Å². The Labute approximate surface area is 87.1 Å². The van der Waals surface area contributed by atoms with Crippen LogP contribution < -0.4 is 16.6 Å². The molecule has 0 aliphatic carbocycles. The molecule has 0 saturated heterocycles. The van der Waals surface area contributed by atoms with Crippen molar-refractivity contribution in [3.05, 3.63) is 22.7 Å². The minimum atomic E-state index is -0.414. The minimum Gasteiger partial charge on any atom is -0.370 e. The topological polar surface area (TPSA) is 90.0 Å². The van der Waals surface area contributed by atoms with Crippen LogP contribution in [0.15, 0.2) is 17.2 Å². The molecule has 0 spiro atoms. The first kappa shape index (κ1) is 11.2. The van der Waals surface area contributed by atoms with Crippen molar-refractivity contribution in [1.82, 2.24) is 9.55 Å². The van der Waals surface area contributed by atoms with Crippen LogP contribution in [0.2, 0.25) is 0 Å². The van der Waals surface area contributed by atoms with E-state index in [-0.39, 0.29) is 23.8 Å². The lowest BCUT2D eigenvalue weighted by atomic mass is 10.2. The van der Waals surface area contributed by atoms with E-state index in [1.807, 2.05) is 0 Å². The molecule has 15 heavy (non-hydrogen) atoms. The summed E-state index contributed by atoms with van der Waals surface area (Å²) >= 11 is 0. The Morgan fingerprint density at radius 3 is 3.00 bits per heavy atom. The largest absolute Gasteiger partial charge is 0.370 e. The maximum atomic E-state index is 11.5. The fraction of sp³-hybridized carbons (Fsp3) is 0.444. The average Bonchev–Trinajstić information content (AvgIpc) is 2.11. The van der Waals surface area contributed by atoms with Crippen LogP contribution in [0, 0.1) is 0 Å². The lowest BCUT2D eigenvalue weighted by Gasteiger charge is -2.12. The Hall–Kier alpha value is -1.85. The molecule has 0 aliphatic heterocycles. The van der Waals surface area contributed by atoms with Crippen molar-refractivity contribution in [2.24, 2.45) is 12.8 Å². The van der Waals surface area contributed by atoms with Crippen LogP contribution >= 0.6 is 0 Å². The van der Waals surface area contributed by atoms with Crippen molar-refractivity contribution >= 4 is 11.7 Å². The van der Waals surface area contributed by atoms with E-state index >= 15 is 0 Å². The predicted octanol–water partition coefficient (Wildman–Crippen LogP) is -0.544. The van der Waals surface area contributed by atoms with E-state index in [4.69, 9.17) is 5.73 Å². The number of anilines is 1. The van der Waals surface area contributed by atoms with Gasteiger partial charge in [-0.05, 0) is 6.92 Å². The van der Waals surface area contributed by atoms with Crippen molar-refractivity contribution < 1.29 is 4.79 Å². The van der Waals surface area contributed by atoms with Gasteiger partial charge in [0.1, 0.15) is 0 Å². The number of hydrogen-bond donors (Lipinski definition) is 2. The fourth-order valence-corrected chi connectivity index (χ4v) is 1.18. The minimum absolute atomic E-state index is 0.166. The first-order valence-corrected chi connectivity index (χ1v) is 4.57. The van der Waals surface area contributed by atoms with E-state index in [2.05, 4.69) is 10.3 Å². The Morgan fingerprint density at radius 2 is 2.40 bits per heavy atom. The Bertz CT molecular complexity index is 413. The van der Waals surface area contributed by atoms with Crippen molar-refractivity contribution in [3.63, 3.8) is 0 Å². The summed E-state index contributed by atoms with van der Waals surface area (Å²) in [6.07, 6.45) is 3.24. The number of hydrogen-bond acceptors (Lipinski definition) is 4. The number of nitrogens with one attached hydrogen (secondary N) is 1. The number of aryl methyl sites for hydroxylation is 1. The maximum Gasteiger partial charge on any atom is 0.293 e. The number of carbonyl (C=O) groups is 1. The van der Waals surface area contributed by atoms with Crippen molar-refractivity contribution in [2.45, 2.75) is 19.4 Å². The number of primary amides is 1. The highest BCUT2D eigenvalue weighted by molar-refractivity contribution is 5.74. The van der Waals surface area contributed by atoms with Gasteiger partial charge < -0.3 is 15.6 Å². The van der Waals surface area contributed by atoms with Gasteiger partial charge in [0.05, 0.1) is 0 Å². The van der Waals surface area contributed by atoms with Crippen LogP contribution in [0.4, 0.5) is 5.82 Å². The Kier molecular flexibility index (Phi) is 3.43. The summed E-state index contributed by atoms with van der Waals surface area (Å²) in [7, 11) is 1.63. The molecule has 82 valence electrons. The molecule has 3 N–H and O–H groups in total. The number of amides is 1. The summed E-state index contributed by atoms with van der Waals surface area (Å²) in [5.74, 6) is -0.184. The molecule has 1 aromatic rings.